The van der Waals surface area contributed by atoms with Crippen molar-refractivity contribution in [3.63, 3.8) is 0 Å². The summed E-state index contributed by atoms with van der Waals surface area (Å²) < 4.78 is 0. The third kappa shape index (κ3) is 5.57. The van der Waals surface area contributed by atoms with Gasteiger partial charge in [0.25, 0.3) is 5.91 Å². The average molecular weight is 434 g/mol. The van der Waals surface area contributed by atoms with Crippen LogP contribution in [0.3, 0.4) is 0 Å². The zero-order valence-electron chi connectivity index (χ0n) is 19.3. The number of rotatable bonds is 7. The number of hydrogen-bond acceptors (Lipinski definition) is 3. The summed E-state index contributed by atoms with van der Waals surface area (Å²) in [6, 6.07) is 17.3. The van der Waals surface area contributed by atoms with Crippen LogP contribution in [0.4, 0.5) is 0 Å². The highest BCUT2D eigenvalue weighted by Crippen LogP contribution is 2.36. The molecule has 5 nitrogen and oxygen atoms in total. The SMILES string of the molecule is CCc1cccc([C@H]2CC[C@@H](N3CC(NC(=O)CNC(=O)c4cccc(C)c4)C3)CC2)c1. The van der Waals surface area contributed by atoms with Gasteiger partial charge in [-0.2, -0.15) is 0 Å². The van der Waals surface area contributed by atoms with Crippen molar-refractivity contribution in [3.8, 4) is 0 Å². The number of nitrogens with zero attached hydrogens (tertiary/aromatic N) is 1. The molecule has 0 bridgehead atoms. The van der Waals surface area contributed by atoms with Gasteiger partial charge in [-0.05, 0) is 68.2 Å². The Balaban J connectivity index is 1.15. The van der Waals surface area contributed by atoms with Crippen molar-refractivity contribution in [3.05, 3.63) is 70.8 Å². The van der Waals surface area contributed by atoms with Crippen LogP contribution in [0.5, 0.6) is 0 Å². The molecule has 5 heteroatoms. The highest BCUT2D eigenvalue weighted by Gasteiger charge is 2.35. The minimum Gasteiger partial charge on any atom is -0.349 e. The Labute approximate surface area is 191 Å². The smallest absolute Gasteiger partial charge is 0.251 e. The lowest BCUT2D eigenvalue weighted by molar-refractivity contribution is -0.122. The van der Waals surface area contributed by atoms with Gasteiger partial charge in [0.05, 0.1) is 12.6 Å². The van der Waals surface area contributed by atoms with E-state index in [1.807, 2.05) is 25.1 Å². The highest BCUT2D eigenvalue weighted by molar-refractivity contribution is 5.96. The van der Waals surface area contributed by atoms with Crippen LogP contribution in [0.15, 0.2) is 48.5 Å². The summed E-state index contributed by atoms with van der Waals surface area (Å²) in [4.78, 5) is 26.9. The molecule has 0 unspecified atom stereocenters. The van der Waals surface area contributed by atoms with E-state index in [2.05, 4.69) is 46.7 Å². The summed E-state index contributed by atoms with van der Waals surface area (Å²) in [7, 11) is 0. The Morgan fingerprint density at radius 1 is 1.00 bits per heavy atom. The lowest BCUT2D eigenvalue weighted by Gasteiger charge is -2.46. The molecular formula is C27H35N3O2. The van der Waals surface area contributed by atoms with Crippen molar-refractivity contribution >= 4 is 11.8 Å². The van der Waals surface area contributed by atoms with Crippen molar-refractivity contribution in [2.45, 2.75) is 64.0 Å². The van der Waals surface area contributed by atoms with Crippen molar-refractivity contribution in [2.75, 3.05) is 19.6 Å². The molecule has 0 aromatic heterocycles. The van der Waals surface area contributed by atoms with Crippen LogP contribution in [0.25, 0.3) is 0 Å². The van der Waals surface area contributed by atoms with Crippen LogP contribution in [0.1, 0.15) is 65.6 Å². The molecule has 4 rings (SSSR count). The van der Waals surface area contributed by atoms with Gasteiger partial charge in [-0.25, -0.2) is 0 Å². The van der Waals surface area contributed by atoms with Gasteiger partial charge < -0.3 is 10.6 Å². The fraction of sp³-hybridized carbons (Fsp3) is 0.481. The zero-order valence-corrected chi connectivity index (χ0v) is 19.3. The molecular weight excluding hydrogens is 398 g/mol. The molecule has 1 heterocycles. The maximum Gasteiger partial charge on any atom is 0.251 e. The van der Waals surface area contributed by atoms with E-state index in [0.29, 0.717) is 17.5 Å². The van der Waals surface area contributed by atoms with Gasteiger partial charge in [0.1, 0.15) is 0 Å². The first-order valence-electron chi connectivity index (χ1n) is 12.0. The predicted molar refractivity (Wildman–Crippen MR) is 128 cm³/mol. The van der Waals surface area contributed by atoms with Crippen LogP contribution in [0.2, 0.25) is 0 Å². The van der Waals surface area contributed by atoms with Gasteiger partial charge >= 0.3 is 0 Å². The van der Waals surface area contributed by atoms with Gasteiger partial charge in [-0.1, -0.05) is 48.9 Å². The van der Waals surface area contributed by atoms with E-state index < -0.39 is 0 Å². The second kappa shape index (κ2) is 10.3. The summed E-state index contributed by atoms with van der Waals surface area (Å²) in [5.74, 6) is 0.363. The normalized spacial score (nSPS) is 21.6. The molecule has 2 N–H and O–H groups in total. The first kappa shape index (κ1) is 22.5. The lowest BCUT2D eigenvalue weighted by atomic mass is 9.80. The molecule has 0 radical (unpaired) electrons. The van der Waals surface area contributed by atoms with Gasteiger partial charge in [0, 0.05) is 24.7 Å². The first-order valence-corrected chi connectivity index (χ1v) is 12.0. The van der Waals surface area contributed by atoms with Crippen LogP contribution in [-0.4, -0.2) is 48.4 Å². The van der Waals surface area contributed by atoms with Crippen molar-refractivity contribution in [1.29, 1.82) is 0 Å². The van der Waals surface area contributed by atoms with Gasteiger partial charge in [0.2, 0.25) is 5.91 Å². The molecule has 2 aromatic rings. The van der Waals surface area contributed by atoms with Crippen LogP contribution >= 0.6 is 0 Å². The second-order valence-electron chi connectivity index (χ2n) is 9.37. The van der Waals surface area contributed by atoms with E-state index in [4.69, 9.17) is 0 Å². The number of likely N-dealkylation sites (tertiary alicyclic amines) is 1. The number of hydrogen-bond donors (Lipinski definition) is 2. The number of aryl methyl sites for hydroxylation is 2. The molecule has 2 fully saturated rings. The summed E-state index contributed by atoms with van der Waals surface area (Å²) in [5, 5.41) is 5.77. The molecule has 32 heavy (non-hydrogen) atoms. The largest absolute Gasteiger partial charge is 0.349 e. The summed E-state index contributed by atoms with van der Waals surface area (Å²) in [5.41, 5.74) is 4.55. The zero-order chi connectivity index (χ0) is 22.5. The highest BCUT2D eigenvalue weighted by atomic mass is 16.2. The van der Waals surface area contributed by atoms with E-state index in [-0.39, 0.29) is 24.4 Å². The van der Waals surface area contributed by atoms with E-state index in [1.165, 1.54) is 36.8 Å². The number of nitrogens with one attached hydrogen (secondary N) is 2. The Kier molecular flexibility index (Phi) is 7.26. The van der Waals surface area contributed by atoms with Gasteiger partial charge in [0.15, 0.2) is 0 Å². The maximum absolute atomic E-state index is 12.2. The molecule has 0 atom stereocenters. The van der Waals surface area contributed by atoms with Gasteiger partial charge in [-0.3, -0.25) is 14.5 Å². The van der Waals surface area contributed by atoms with Crippen LogP contribution < -0.4 is 10.6 Å². The Morgan fingerprint density at radius 3 is 2.47 bits per heavy atom. The number of benzene rings is 2. The number of carbonyl (C=O) groups is 2. The third-order valence-corrected chi connectivity index (χ3v) is 7.01. The molecule has 1 aliphatic carbocycles. The average Bonchev–Trinajstić information content (AvgIpc) is 2.79. The summed E-state index contributed by atoms with van der Waals surface area (Å²) >= 11 is 0. The molecule has 2 amide bonds. The van der Waals surface area contributed by atoms with E-state index in [1.54, 1.807) is 6.07 Å². The summed E-state index contributed by atoms with van der Waals surface area (Å²) in [6.07, 6.45) is 6.05. The molecule has 1 saturated carbocycles. The van der Waals surface area contributed by atoms with Crippen LogP contribution in [-0.2, 0) is 11.2 Å². The topological polar surface area (TPSA) is 61.4 Å². The molecule has 0 spiro atoms. The monoisotopic (exact) mass is 433 g/mol. The molecule has 2 aromatic carbocycles. The first-order chi connectivity index (χ1) is 15.5. The van der Waals surface area contributed by atoms with Crippen molar-refractivity contribution in [2.24, 2.45) is 0 Å². The molecule has 1 saturated heterocycles. The lowest BCUT2D eigenvalue weighted by Crippen LogP contribution is -2.63. The number of carbonyl (C=O) groups excluding carboxylic acids is 2. The standard InChI is InChI=1S/C27H35N3O2/c1-3-20-7-5-8-22(15-20)21-10-12-25(13-11-21)30-17-24(18-30)29-26(31)16-28-27(32)23-9-4-6-19(2)14-23/h4-9,14-15,21,24-25H,3,10-13,16-18H2,1-2H3,(H,28,32)(H,29,31)/t21-,25+. The maximum atomic E-state index is 12.2. The Morgan fingerprint density at radius 2 is 1.75 bits per heavy atom. The van der Waals surface area contributed by atoms with E-state index in [9.17, 15) is 9.59 Å². The van der Waals surface area contributed by atoms with Gasteiger partial charge in [-0.15, -0.1) is 0 Å². The minimum atomic E-state index is -0.208. The van der Waals surface area contributed by atoms with E-state index >= 15 is 0 Å². The number of amides is 2. The van der Waals surface area contributed by atoms with Crippen molar-refractivity contribution < 1.29 is 9.59 Å². The molecule has 2 aliphatic rings. The third-order valence-electron chi connectivity index (χ3n) is 7.01. The Hall–Kier alpha value is -2.66. The van der Waals surface area contributed by atoms with Crippen molar-refractivity contribution in [1.82, 2.24) is 15.5 Å². The van der Waals surface area contributed by atoms with E-state index in [0.717, 1.165) is 25.1 Å². The summed E-state index contributed by atoms with van der Waals surface area (Å²) in [6.45, 7) is 6.01. The predicted octanol–water partition coefficient (Wildman–Crippen LogP) is 3.81. The van der Waals surface area contributed by atoms with Crippen LogP contribution in [0, 0.1) is 6.92 Å². The minimum absolute atomic E-state index is 0.0191. The fourth-order valence-electron chi connectivity index (χ4n) is 5.07. The molecule has 170 valence electrons. The second-order valence-corrected chi connectivity index (χ2v) is 9.37. The quantitative estimate of drug-likeness (QED) is 0.698. The molecule has 1 aliphatic heterocycles. The fourth-order valence-corrected chi connectivity index (χ4v) is 5.07. The Bertz CT molecular complexity index is 943.